The molecule has 1 fully saturated rings. The van der Waals surface area contributed by atoms with Crippen LogP contribution in [0.5, 0.6) is 0 Å². The van der Waals surface area contributed by atoms with Crippen LogP contribution in [0.2, 0.25) is 0 Å². The van der Waals surface area contributed by atoms with Gasteiger partial charge < -0.3 is 9.88 Å². The Labute approximate surface area is 108 Å². The fourth-order valence-corrected chi connectivity index (χ4v) is 1.70. The summed E-state index contributed by atoms with van der Waals surface area (Å²) in [6, 6.07) is 2.23. The first-order valence-corrected chi connectivity index (χ1v) is 6.04. The van der Waals surface area contributed by atoms with Gasteiger partial charge in [0, 0.05) is 31.4 Å². The number of hydrogen-bond donors (Lipinski definition) is 1. The molecule has 0 unspecified atom stereocenters. The van der Waals surface area contributed by atoms with E-state index >= 15 is 0 Å². The number of rotatable bonds is 5. The van der Waals surface area contributed by atoms with Gasteiger partial charge in [-0.05, 0) is 24.5 Å². The molecule has 19 heavy (non-hydrogen) atoms. The maximum absolute atomic E-state index is 12.5. The number of nitrogens with one attached hydrogen (secondary N) is 1. The lowest BCUT2D eigenvalue weighted by Gasteiger charge is -2.12. The number of halogens is 3. The SMILES string of the molecule is C=C(CNC1CC1)Cn1cc(C(F)(F)F)ccc1=O. The standard InChI is InChI=1S/C13H15F3N2O/c1-9(6-17-11-3-4-11)7-18-8-10(13(14,15)16)2-5-12(18)19/h2,5,8,11,17H,1,3-4,6-7H2. The summed E-state index contributed by atoms with van der Waals surface area (Å²) in [5.74, 6) is 0. The Morgan fingerprint density at radius 3 is 2.68 bits per heavy atom. The van der Waals surface area contributed by atoms with E-state index in [2.05, 4.69) is 11.9 Å². The van der Waals surface area contributed by atoms with Gasteiger partial charge in [0.1, 0.15) is 0 Å². The summed E-state index contributed by atoms with van der Waals surface area (Å²) < 4.78 is 38.7. The highest BCUT2D eigenvalue weighted by Gasteiger charge is 2.31. The first-order chi connectivity index (χ1) is 8.86. The van der Waals surface area contributed by atoms with Gasteiger partial charge >= 0.3 is 6.18 Å². The maximum Gasteiger partial charge on any atom is 0.417 e. The van der Waals surface area contributed by atoms with Gasteiger partial charge in [-0.15, -0.1) is 0 Å². The van der Waals surface area contributed by atoms with Gasteiger partial charge in [-0.3, -0.25) is 4.79 Å². The zero-order valence-electron chi connectivity index (χ0n) is 10.3. The van der Waals surface area contributed by atoms with Gasteiger partial charge in [-0.25, -0.2) is 0 Å². The molecular formula is C13H15F3N2O. The van der Waals surface area contributed by atoms with E-state index in [0.717, 1.165) is 35.7 Å². The van der Waals surface area contributed by atoms with Gasteiger partial charge in [-0.2, -0.15) is 13.2 Å². The molecule has 1 aliphatic carbocycles. The molecule has 3 nitrogen and oxygen atoms in total. The van der Waals surface area contributed by atoms with E-state index in [9.17, 15) is 18.0 Å². The molecular weight excluding hydrogens is 257 g/mol. The lowest BCUT2D eigenvalue weighted by atomic mass is 10.2. The lowest BCUT2D eigenvalue weighted by Crippen LogP contribution is -2.26. The van der Waals surface area contributed by atoms with Crippen molar-refractivity contribution in [2.24, 2.45) is 0 Å². The Hall–Kier alpha value is -1.56. The average molecular weight is 272 g/mol. The molecule has 2 rings (SSSR count). The van der Waals surface area contributed by atoms with Crippen molar-refractivity contribution in [2.75, 3.05) is 6.54 Å². The predicted octanol–water partition coefficient (Wildman–Crippen LogP) is 2.18. The quantitative estimate of drug-likeness (QED) is 0.834. The summed E-state index contributed by atoms with van der Waals surface area (Å²) in [7, 11) is 0. The third kappa shape index (κ3) is 3.96. The summed E-state index contributed by atoms with van der Waals surface area (Å²) in [6.07, 6.45) is -1.36. The molecule has 0 saturated heterocycles. The van der Waals surface area contributed by atoms with Crippen molar-refractivity contribution in [1.29, 1.82) is 0 Å². The molecule has 1 aromatic rings. The van der Waals surface area contributed by atoms with Crippen LogP contribution in [0.15, 0.2) is 35.3 Å². The summed E-state index contributed by atoms with van der Waals surface area (Å²) in [5, 5.41) is 3.20. The highest BCUT2D eigenvalue weighted by molar-refractivity contribution is 5.15. The van der Waals surface area contributed by atoms with Crippen molar-refractivity contribution in [1.82, 2.24) is 9.88 Å². The number of nitrogens with zero attached hydrogens (tertiary/aromatic N) is 1. The molecule has 1 aliphatic rings. The fraction of sp³-hybridized carbons (Fsp3) is 0.462. The molecule has 1 saturated carbocycles. The second kappa shape index (κ2) is 5.21. The molecule has 0 spiro atoms. The van der Waals surface area contributed by atoms with E-state index < -0.39 is 17.3 Å². The second-order valence-corrected chi connectivity index (χ2v) is 4.79. The minimum absolute atomic E-state index is 0.0997. The highest BCUT2D eigenvalue weighted by Crippen LogP contribution is 2.28. The van der Waals surface area contributed by atoms with Crippen LogP contribution >= 0.6 is 0 Å². The van der Waals surface area contributed by atoms with Crippen molar-refractivity contribution in [3.63, 3.8) is 0 Å². The Balaban J connectivity index is 2.05. The molecule has 6 heteroatoms. The van der Waals surface area contributed by atoms with E-state index in [4.69, 9.17) is 0 Å². The summed E-state index contributed by atoms with van der Waals surface area (Å²) >= 11 is 0. The van der Waals surface area contributed by atoms with Crippen LogP contribution in [0.1, 0.15) is 18.4 Å². The maximum atomic E-state index is 12.5. The minimum Gasteiger partial charge on any atom is -0.311 e. The largest absolute Gasteiger partial charge is 0.417 e. The molecule has 1 heterocycles. The van der Waals surface area contributed by atoms with Gasteiger partial charge in [0.25, 0.3) is 5.56 Å². The van der Waals surface area contributed by atoms with Crippen LogP contribution < -0.4 is 10.9 Å². The van der Waals surface area contributed by atoms with E-state index in [1.807, 2.05) is 0 Å². The van der Waals surface area contributed by atoms with E-state index in [-0.39, 0.29) is 6.54 Å². The molecule has 0 bridgehead atoms. The first kappa shape index (κ1) is 13.9. The van der Waals surface area contributed by atoms with E-state index in [1.165, 1.54) is 0 Å². The predicted molar refractivity (Wildman–Crippen MR) is 65.9 cm³/mol. The fourth-order valence-electron chi connectivity index (χ4n) is 1.70. The lowest BCUT2D eigenvalue weighted by molar-refractivity contribution is -0.138. The van der Waals surface area contributed by atoms with Crippen LogP contribution in [0.25, 0.3) is 0 Å². The number of aromatic nitrogens is 1. The van der Waals surface area contributed by atoms with E-state index in [1.54, 1.807) is 0 Å². The van der Waals surface area contributed by atoms with Crippen LogP contribution in [-0.4, -0.2) is 17.2 Å². The molecule has 0 radical (unpaired) electrons. The Kier molecular flexibility index (Phi) is 3.80. The van der Waals surface area contributed by atoms with Gasteiger partial charge in [0.05, 0.1) is 5.56 Å². The summed E-state index contributed by atoms with van der Waals surface area (Å²) in [4.78, 5) is 11.5. The second-order valence-electron chi connectivity index (χ2n) is 4.79. The van der Waals surface area contributed by atoms with Crippen LogP contribution in [0, 0.1) is 0 Å². The third-order valence-corrected chi connectivity index (χ3v) is 2.92. The molecule has 0 atom stereocenters. The topological polar surface area (TPSA) is 34.0 Å². The van der Waals surface area contributed by atoms with Gasteiger partial charge in [0.15, 0.2) is 0 Å². The van der Waals surface area contributed by atoms with Crippen molar-refractivity contribution in [3.05, 3.63) is 46.4 Å². The van der Waals surface area contributed by atoms with Crippen molar-refractivity contribution in [2.45, 2.75) is 31.6 Å². The number of pyridine rings is 1. The van der Waals surface area contributed by atoms with Crippen molar-refractivity contribution < 1.29 is 13.2 Å². The Bertz CT molecular complexity index is 529. The third-order valence-electron chi connectivity index (χ3n) is 2.92. The van der Waals surface area contributed by atoms with Crippen LogP contribution in [0.4, 0.5) is 13.2 Å². The number of alkyl halides is 3. The van der Waals surface area contributed by atoms with Crippen LogP contribution in [-0.2, 0) is 12.7 Å². The molecule has 0 aromatic carbocycles. The van der Waals surface area contributed by atoms with Gasteiger partial charge in [0.2, 0.25) is 0 Å². The highest BCUT2D eigenvalue weighted by atomic mass is 19.4. The smallest absolute Gasteiger partial charge is 0.311 e. The van der Waals surface area contributed by atoms with Crippen molar-refractivity contribution >= 4 is 0 Å². The van der Waals surface area contributed by atoms with Crippen LogP contribution in [0.3, 0.4) is 0 Å². The average Bonchev–Trinajstić information content (AvgIpc) is 3.12. The van der Waals surface area contributed by atoms with Gasteiger partial charge in [-0.1, -0.05) is 6.58 Å². The molecule has 104 valence electrons. The molecule has 0 aliphatic heterocycles. The minimum atomic E-state index is -4.44. The Morgan fingerprint density at radius 2 is 2.11 bits per heavy atom. The first-order valence-electron chi connectivity index (χ1n) is 6.04. The monoisotopic (exact) mass is 272 g/mol. The zero-order valence-corrected chi connectivity index (χ0v) is 10.3. The molecule has 0 amide bonds. The number of hydrogen-bond acceptors (Lipinski definition) is 2. The normalized spacial score (nSPS) is 15.5. The van der Waals surface area contributed by atoms with E-state index in [0.29, 0.717) is 18.2 Å². The molecule has 1 N–H and O–H groups in total. The van der Waals surface area contributed by atoms with Crippen molar-refractivity contribution in [3.8, 4) is 0 Å². The summed E-state index contributed by atoms with van der Waals surface area (Å²) in [5.41, 5.74) is -0.594. The zero-order chi connectivity index (χ0) is 14.0. The Morgan fingerprint density at radius 1 is 1.42 bits per heavy atom. The molecule has 1 aromatic heterocycles. The summed E-state index contributed by atoms with van der Waals surface area (Å²) in [6.45, 7) is 4.40.